The van der Waals surface area contributed by atoms with Crippen LogP contribution in [-0.2, 0) is 6.42 Å². The number of ketones is 1. The van der Waals surface area contributed by atoms with Crippen LogP contribution in [0.1, 0.15) is 32.0 Å². The third kappa shape index (κ3) is 4.74. The van der Waals surface area contributed by atoms with E-state index in [4.69, 9.17) is 5.73 Å². The van der Waals surface area contributed by atoms with E-state index in [2.05, 4.69) is 53.2 Å². The average Bonchev–Trinajstić information content (AvgIpc) is 3.45. The number of nitrogen functional groups attached to an aromatic ring is 1. The van der Waals surface area contributed by atoms with E-state index < -0.39 is 0 Å². The molecule has 0 unspecified atom stereocenters. The monoisotopic (exact) mass is 604 g/mol. The summed E-state index contributed by atoms with van der Waals surface area (Å²) in [6.45, 7) is 0.418. The first-order chi connectivity index (χ1) is 17.4. The molecule has 0 saturated heterocycles. The lowest BCUT2D eigenvalue weighted by Crippen LogP contribution is -2.26. The molecule has 3 aromatic carbocycles. The Morgan fingerprint density at radius 1 is 0.889 bits per heavy atom. The van der Waals surface area contributed by atoms with Gasteiger partial charge in [-0.25, -0.2) is 0 Å². The molecule has 0 radical (unpaired) electrons. The van der Waals surface area contributed by atoms with Gasteiger partial charge in [-0.15, -0.1) is 0 Å². The number of hydrogen-bond acceptors (Lipinski definition) is 3. The Labute approximate surface area is 224 Å². The van der Waals surface area contributed by atoms with Crippen molar-refractivity contribution in [2.45, 2.75) is 6.42 Å². The van der Waals surface area contributed by atoms with Crippen molar-refractivity contribution < 1.29 is 9.59 Å². The Morgan fingerprint density at radius 2 is 1.56 bits per heavy atom. The number of rotatable bonds is 7. The fourth-order valence-corrected chi connectivity index (χ4v) is 4.84. The van der Waals surface area contributed by atoms with Gasteiger partial charge in [0.1, 0.15) is 5.82 Å². The van der Waals surface area contributed by atoms with E-state index in [0.717, 1.165) is 25.4 Å². The molecule has 5 N–H and O–H groups in total. The normalized spacial score (nSPS) is 11.1. The fourth-order valence-electron chi connectivity index (χ4n) is 4.31. The Balaban J connectivity index is 1.46. The molecule has 5 aromatic rings. The minimum Gasteiger partial charge on any atom is -0.385 e. The number of para-hydroxylation sites is 1. The van der Waals surface area contributed by atoms with Crippen molar-refractivity contribution in [3.05, 3.63) is 110 Å². The molecule has 0 aliphatic carbocycles. The number of carbonyl (C=O) groups excluding carboxylic acids is 2. The number of nitrogens with two attached hydrogens (primary N) is 1. The topological polar surface area (TPSA) is 104 Å². The summed E-state index contributed by atoms with van der Waals surface area (Å²) in [6.07, 6.45) is 2.61. The quantitative estimate of drug-likeness (QED) is 0.160. The first-order valence-electron chi connectivity index (χ1n) is 11.3. The summed E-state index contributed by atoms with van der Waals surface area (Å²) in [5, 5.41) is 4.11. The summed E-state index contributed by atoms with van der Waals surface area (Å²) in [7, 11) is 0. The maximum absolute atomic E-state index is 13.5. The van der Waals surface area contributed by atoms with Crippen LogP contribution in [0.4, 0.5) is 5.82 Å². The van der Waals surface area contributed by atoms with E-state index in [1.165, 1.54) is 0 Å². The van der Waals surface area contributed by atoms with Gasteiger partial charge in [-0.2, -0.15) is 0 Å². The molecule has 5 rings (SSSR count). The first kappa shape index (κ1) is 24.1. The molecule has 2 aromatic heterocycles. The van der Waals surface area contributed by atoms with Gasteiger partial charge in [0.2, 0.25) is 5.78 Å². The second kappa shape index (κ2) is 10.2. The van der Waals surface area contributed by atoms with Crippen molar-refractivity contribution in [2.24, 2.45) is 0 Å². The Hall–Kier alpha value is -3.62. The van der Waals surface area contributed by atoms with Gasteiger partial charge in [0.05, 0.1) is 11.3 Å². The van der Waals surface area contributed by atoms with Crippen LogP contribution in [0.2, 0.25) is 0 Å². The van der Waals surface area contributed by atoms with Crippen LogP contribution in [0.15, 0.2) is 87.9 Å². The third-order valence-electron chi connectivity index (χ3n) is 6.08. The van der Waals surface area contributed by atoms with Crippen molar-refractivity contribution in [3.8, 4) is 11.1 Å². The first-order valence-corrected chi connectivity index (χ1v) is 12.9. The highest BCUT2D eigenvalue weighted by atomic mass is 79.9. The van der Waals surface area contributed by atoms with Crippen LogP contribution in [0.25, 0.3) is 22.0 Å². The highest BCUT2D eigenvalue weighted by molar-refractivity contribution is 9.10. The van der Waals surface area contributed by atoms with Gasteiger partial charge in [-0.1, -0.05) is 62.2 Å². The zero-order chi connectivity index (χ0) is 25.2. The lowest BCUT2D eigenvalue weighted by Gasteiger charge is -2.10. The highest BCUT2D eigenvalue weighted by Crippen LogP contribution is 2.34. The number of anilines is 1. The number of hydrogen-bond donors (Lipinski definition) is 4. The Kier molecular flexibility index (Phi) is 6.80. The lowest BCUT2D eigenvalue weighted by atomic mass is 9.96. The Morgan fingerprint density at radius 3 is 2.28 bits per heavy atom. The van der Waals surface area contributed by atoms with E-state index in [1.807, 2.05) is 48.7 Å². The number of benzene rings is 3. The minimum absolute atomic E-state index is 0.151. The molecule has 0 aliphatic heterocycles. The number of aromatic amines is 2. The predicted octanol–water partition coefficient (Wildman–Crippen LogP) is 6.47. The molecular formula is C28H22Br2N4O2. The Bertz CT molecular complexity index is 1570. The zero-order valence-electron chi connectivity index (χ0n) is 19.1. The average molecular weight is 606 g/mol. The standard InChI is InChI=1S/C28H22Br2N4O2/c29-19-9-5-16(6-10-19)23-24(27(31)34-25(23)26(35)17-7-11-20(30)12-8-17)28(36)32-14-13-18-15-33-22-4-2-1-3-21(18)22/h1-12,15,33-34H,13-14,31H2,(H,32,36). The molecule has 180 valence electrons. The van der Waals surface area contributed by atoms with E-state index >= 15 is 0 Å². The number of halogens is 2. The molecule has 36 heavy (non-hydrogen) atoms. The van der Waals surface area contributed by atoms with Crippen molar-refractivity contribution in [1.29, 1.82) is 0 Å². The lowest BCUT2D eigenvalue weighted by molar-refractivity contribution is 0.0955. The molecule has 0 bridgehead atoms. The molecule has 6 nitrogen and oxygen atoms in total. The summed E-state index contributed by atoms with van der Waals surface area (Å²) >= 11 is 6.84. The number of nitrogens with one attached hydrogen (secondary N) is 3. The largest absolute Gasteiger partial charge is 0.385 e. The van der Waals surface area contributed by atoms with E-state index in [1.54, 1.807) is 24.3 Å². The maximum Gasteiger partial charge on any atom is 0.255 e. The molecule has 8 heteroatoms. The van der Waals surface area contributed by atoms with Crippen molar-refractivity contribution in [3.63, 3.8) is 0 Å². The second-order valence-corrected chi connectivity index (χ2v) is 10.2. The molecule has 0 aliphatic rings. The summed E-state index contributed by atoms with van der Waals surface area (Å²) in [6, 6.07) is 22.6. The van der Waals surface area contributed by atoms with E-state index in [0.29, 0.717) is 29.7 Å². The fraction of sp³-hybridized carbons (Fsp3) is 0.0714. The smallest absolute Gasteiger partial charge is 0.255 e. The summed E-state index contributed by atoms with van der Waals surface area (Å²) in [5.74, 6) is -0.431. The van der Waals surface area contributed by atoms with Crippen LogP contribution in [-0.4, -0.2) is 28.2 Å². The van der Waals surface area contributed by atoms with Gasteiger partial charge in [0.25, 0.3) is 5.91 Å². The summed E-state index contributed by atoms with van der Waals surface area (Å²) in [5.41, 5.74) is 10.7. The SMILES string of the molecule is Nc1[nH]c(C(=O)c2ccc(Br)cc2)c(-c2ccc(Br)cc2)c1C(=O)NCCc1c[nH]c2ccccc12. The van der Waals surface area contributed by atoms with Crippen LogP contribution in [0.3, 0.4) is 0 Å². The van der Waals surface area contributed by atoms with Crippen molar-refractivity contribution in [1.82, 2.24) is 15.3 Å². The van der Waals surface area contributed by atoms with Gasteiger partial charge >= 0.3 is 0 Å². The number of fused-ring (bicyclic) bond motifs is 1. The molecular weight excluding hydrogens is 584 g/mol. The molecule has 2 heterocycles. The second-order valence-electron chi connectivity index (χ2n) is 8.37. The molecule has 0 saturated carbocycles. The highest BCUT2D eigenvalue weighted by Gasteiger charge is 2.27. The van der Waals surface area contributed by atoms with Crippen molar-refractivity contribution in [2.75, 3.05) is 12.3 Å². The van der Waals surface area contributed by atoms with Gasteiger partial charge in [-0.05, 0) is 60.0 Å². The van der Waals surface area contributed by atoms with Gasteiger partial charge < -0.3 is 21.0 Å². The number of carbonyl (C=O) groups is 2. The van der Waals surface area contributed by atoms with Crippen LogP contribution < -0.4 is 11.1 Å². The van der Waals surface area contributed by atoms with Crippen LogP contribution in [0, 0.1) is 0 Å². The van der Waals surface area contributed by atoms with Gasteiger partial charge in [0.15, 0.2) is 0 Å². The number of H-pyrrole nitrogens is 2. The van der Waals surface area contributed by atoms with Crippen LogP contribution in [0.5, 0.6) is 0 Å². The van der Waals surface area contributed by atoms with Gasteiger partial charge in [-0.3, -0.25) is 9.59 Å². The maximum atomic E-state index is 13.5. The van der Waals surface area contributed by atoms with Gasteiger partial charge in [0, 0.05) is 43.7 Å². The summed E-state index contributed by atoms with van der Waals surface area (Å²) < 4.78 is 1.76. The number of aromatic nitrogens is 2. The molecule has 1 amide bonds. The minimum atomic E-state index is -0.337. The summed E-state index contributed by atoms with van der Waals surface area (Å²) in [4.78, 5) is 33.1. The van der Waals surface area contributed by atoms with E-state index in [-0.39, 0.29) is 28.8 Å². The van der Waals surface area contributed by atoms with Crippen molar-refractivity contribution >= 4 is 60.3 Å². The predicted molar refractivity (Wildman–Crippen MR) is 150 cm³/mol. The molecule has 0 spiro atoms. The third-order valence-corrected chi connectivity index (χ3v) is 7.13. The molecule has 0 atom stereocenters. The number of amides is 1. The molecule has 0 fully saturated rings. The zero-order valence-corrected chi connectivity index (χ0v) is 22.2. The van der Waals surface area contributed by atoms with Crippen LogP contribution >= 0.6 is 31.9 Å². The van der Waals surface area contributed by atoms with E-state index in [9.17, 15) is 9.59 Å².